The van der Waals surface area contributed by atoms with E-state index in [1.807, 2.05) is 36.1 Å². The predicted molar refractivity (Wildman–Crippen MR) is 102 cm³/mol. The molecular formula is C19H23N3OS2. The molecule has 3 aliphatic rings. The number of ether oxygens (including phenoxy) is 1. The molecule has 1 saturated heterocycles. The molecule has 0 amide bonds. The molecule has 6 heteroatoms. The Labute approximate surface area is 157 Å². The van der Waals surface area contributed by atoms with E-state index in [0.717, 1.165) is 41.0 Å². The van der Waals surface area contributed by atoms with Crippen LogP contribution in [0.25, 0.3) is 0 Å². The standard InChI is InChI=1S/C19H23N3OS2/c1-21-6-5-20-19(21)24-17-9-14-11-22(12-15(14)10-17)25-16-2-3-18-13(8-16)4-7-23-18/h2-3,5-6,8,14-15,17H,4,7,9-12H2,1H3/t14-,15+,17-. The van der Waals surface area contributed by atoms with Crippen molar-refractivity contribution in [2.45, 2.75) is 34.6 Å². The lowest BCUT2D eigenvalue weighted by Crippen LogP contribution is -2.15. The largest absolute Gasteiger partial charge is 0.493 e. The van der Waals surface area contributed by atoms with E-state index in [2.05, 4.69) is 39.1 Å². The van der Waals surface area contributed by atoms with Crippen molar-refractivity contribution in [1.29, 1.82) is 0 Å². The first-order valence-corrected chi connectivity index (χ1v) is 10.7. The third-order valence-corrected chi connectivity index (χ3v) is 7.96. The molecule has 1 aromatic heterocycles. The van der Waals surface area contributed by atoms with Crippen molar-refractivity contribution in [3.05, 3.63) is 36.2 Å². The summed E-state index contributed by atoms with van der Waals surface area (Å²) in [7, 11) is 2.09. The summed E-state index contributed by atoms with van der Waals surface area (Å²) in [6.45, 7) is 3.29. The molecule has 0 bridgehead atoms. The first kappa shape index (κ1) is 16.1. The van der Waals surface area contributed by atoms with Crippen molar-refractivity contribution in [3.63, 3.8) is 0 Å². The molecule has 132 valence electrons. The van der Waals surface area contributed by atoms with E-state index in [1.54, 1.807) is 0 Å². The highest BCUT2D eigenvalue weighted by Gasteiger charge is 2.41. The summed E-state index contributed by atoms with van der Waals surface area (Å²) in [4.78, 5) is 5.84. The van der Waals surface area contributed by atoms with Gasteiger partial charge in [0.25, 0.3) is 0 Å². The molecule has 1 aliphatic carbocycles. The molecule has 1 saturated carbocycles. The maximum absolute atomic E-state index is 5.62. The first-order chi connectivity index (χ1) is 12.2. The molecule has 3 atom stereocenters. The molecule has 2 aromatic rings. The minimum atomic E-state index is 0.736. The number of thioether (sulfide) groups is 1. The van der Waals surface area contributed by atoms with Crippen molar-refractivity contribution in [2.24, 2.45) is 18.9 Å². The second-order valence-corrected chi connectivity index (χ2v) is 9.80. The average Bonchev–Trinajstić information content (AvgIpc) is 3.33. The third kappa shape index (κ3) is 3.20. The van der Waals surface area contributed by atoms with Crippen molar-refractivity contribution < 1.29 is 4.74 Å². The summed E-state index contributed by atoms with van der Waals surface area (Å²) >= 11 is 3.91. The Bertz CT molecular complexity index is 764. The van der Waals surface area contributed by atoms with E-state index in [1.165, 1.54) is 36.4 Å². The van der Waals surface area contributed by atoms with Gasteiger partial charge < -0.3 is 9.30 Å². The Morgan fingerprint density at radius 1 is 1.20 bits per heavy atom. The Morgan fingerprint density at radius 2 is 2.04 bits per heavy atom. The molecule has 1 aromatic carbocycles. The zero-order chi connectivity index (χ0) is 16.8. The average molecular weight is 374 g/mol. The number of benzene rings is 1. The predicted octanol–water partition coefficient (Wildman–Crippen LogP) is 3.86. The molecule has 5 rings (SSSR count). The van der Waals surface area contributed by atoms with Gasteiger partial charge in [-0.2, -0.15) is 0 Å². The number of aryl methyl sites for hydroxylation is 1. The molecule has 0 N–H and O–H groups in total. The molecule has 3 heterocycles. The summed E-state index contributed by atoms with van der Waals surface area (Å²) in [6, 6.07) is 6.67. The quantitative estimate of drug-likeness (QED) is 0.760. The fraction of sp³-hybridized carbons (Fsp3) is 0.526. The molecule has 2 fully saturated rings. The summed E-state index contributed by atoms with van der Waals surface area (Å²) in [5.74, 6) is 2.78. The number of hydrogen-bond acceptors (Lipinski definition) is 5. The van der Waals surface area contributed by atoms with Gasteiger partial charge in [-0.25, -0.2) is 9.29 Å². The van der Waals surface area contributed by atoms with Gasteiger partial charge in [0.05, 0.1) is 6.61 Å². The number of rotatable bonds is 4. The minimum Gasteiger partial charge on any atom is -0.493 e. The van der Waals surface area contributed by atoms with Crippen molar-refractivity contribution in [3.8, 4) is 5.75 Å². The van der Waals surface area contributed by atoms with Gasteiger partial charge in [-0.1, -0.05) is 11.8 Å². The second kappa shape index (κ2) is 6.56. The maximum Gasteiger partial charge on any atom is 0.167 e. The maximum atomic E-state index is 5.62. The summed E-state index contributed by atoms with van der Waals surface area (Å²) in [5.41, 5.74) is 1.37. The minimum absolute atomic E-state index is 0.736. The van der Waals surface area contributed by atoms with Crippen LogP contribution in [0.3, 0.4) is 0 Å². The zero-order valence-corrected chi connectivity index (χ0v) is 16.1. The molecular weight excluding hydrogens is 350 g/mol. The van der Waals surface area contributed by atoms with E-state index < -0.39 is 0 Å². The van der Waals surface area contributed by atoms with Gasteiger partial charge >= 0.3 is 0 Å². The zero-order valence-electron chi connectivity index (χ0n) is 14.4. The van der Waals surface area contributed by atoms with Crippen LogP contribution in [0.1, 0.15) is 18.4 Å². The number of nitrogens with zero attached hydrogens (tertiary/aromatic N) is 3. The van der Waals surface area contributed by atoms with Gasteiger partial charge in [0.1, 0.15) is 5.75 Å². The highest BCUT2D eigenvalue weighted by atomic mass is 32.2. The Balaban J connectivity index is 1.18. The van der Waals surface area contributed by atoms with E-state index in [4.69, 9.17) is 4.74 Å². The molecule has 0 spiro atoms. The van der Waals surface area contributed by atoms with Crippen molar-refractivity contribution in [2.75, 3.05) is 19.7 Å². The lowest BCUT2D eigenvalue weighted by atomic mass is 10.0. The van der Waals surface area contributed by atoms with Crippen LogP contribution < -0.4 is 4.74 Å². The Hall–Kier alpha value is -1.11. The molecule has 25 heavy (non-hydrogen) atoms. The fourth-order valence-electron chi connectivity index (χ4n) is 4.36. The highest BCUT2D eigenvalue weighted by Crippen LogP contribution is 2.47. The number of aromatic nitrogens is 2. The van der Waals surface area contributed by atoms with Gasteiger partial charge in [0.2, 0.25) is 0 Å². The van der Waals surface area contributed by atoms with E-state index in [-0.39, 0.29) is 0 Å². The van der Waals surface area contributed by atoms with Crippen LogP contribution in [0.2, 0.25) is 0 Å². The van der Waals surface area contributed by atoms with Crippen LogP contribution in [-0.2, 0) is 13.5 Å². The van der Waals surface area contributed by atoms with E-state index in [9.17, 15) is 0 Å². The SMILES string of the molecule is Cn1ccnc1S[C@@H]1C[C@@H]2CN(Sc3ccc4c(c3)CCO4)C[C@@H]2C1. The molecule has 4 nitrogen and oxygen atoms in total. The van der Waals surface area contributed by atoms with Gasteiger partial charge in [-0.15, -0.1) is 0 Å². The Kier molecular flexibility index (Phi) is 4.22. The van der Waals surface area contributed by atoms with Crippen LogP contribution in [0, 0.1) is 11.8 Å². The van der Waals surface area contributed by atoms with Crippen molar-refractivity contribution in [1.82, 2.24) is 13.9 Å². The van der Waals surface area contributed by atoms with Crippen LogP contribution in [0.4, 0.5) is 0 Å². The van der Waals surface area contributed by atoms with Gasteiger partial charge in [-0.3, -0.25) is 0 Å². The molecule has 2 aliphatic heterocycles. The Morgan fingerprint density at radius 3 is 2.80 bits per heavy atom. The second-order valence-electron chi connectivity index (χ2n) is 7.36. The van der Waals surface area contributed by atoms with Crippen LogP contribution in [0.15, 0.2) is 40.6 Å². The summed E-state index contributed by atoms with van der Waals surface area (Å²) in [6.07, 6.45) is 7.66. The number of imidazole rings is 1. The highest BCUT2D eigenvalue weighted by molar-refractivity contribution is 7.99. The van der Waals surface area contributed by atoms with E-state index >= 15 is 0 Å². The van der Waals surface area contributed by atoms with E-state index in [0.29, 0.717) is 0 Å². The van der Waals surface area contributed by atoms with Crippen molar-refractivity contribution >= 4 is 23.7 Å². The van der Waals surface area contributed by atoms with Crippen LogP contribution >= 0.6 is 23.7 Å². The topological polar surface area (TPSA) is 30.3 Å². The molecule has 0 unspecified atom stereocenters. The number of fused-ring (bicyclic) bond motifs is 2. The van der Waals surface area contributed by atoms with Crippen LogP contribution in [0.5, 0.6) is 5.75 Å². The van der Waals surface area contributed by atoms with Crippen LogP contribution in [-0.4, -0.2) is 38.8 Å². The normalized spacial score (nSPS) is 28.1. The summed E-state index contributed by atoms with van der Waals surface area (Å²) < 4.78 is 10.3. The third-order valence-electron chi connectivity index (χ3n) is 5.62. The molecule has 0 radical (unpaired) electrons. The van der Waals surface area contributed by atoms with Gasteiger partial charge in [0, 0.05) is 49.1 Å². The van der Waals surface area contributed by atoms with Gasteiger partial charge in [0.15, 0.2) is 5.16 Å². The monoisotopic (exact) mass is 373 g/mol. The first-order valence-electron chi connectivity index (χ1n) is 9.07. The van der Waals surface area contributed by atoms with Gasteiger partial charge in [-0.05, 0) is 60.4 Å². The smallest absolute Gasteiger partial charge is 0.167 e. The summed E-state index contributed by atoms with van der Waals surface area (Å²) in [5, 5.41) is 1.90. The lowest BCUT2D eigenvalue weighted by molar-refractivity contribution is 0.356. The fourth-order valence-corrected chi connectivity index (χ4v) is 6.84. The lowest BCUT2D eigenvalue weighted by Gasteiger charge is -2.18. The number of hydrogen-bond donors (Lipinski definition) is 0.